The summed E-state index contributed by atoms with van der Waals surface area (Å²) in [6.07, 6.45) is 1.75. The second kappa shape index (κ2) is 8.24. The number of hydrogen-bond acceptors (Lipinski definition) is 4. The van der Waals surface area contributed by atoms with E-state index < -0.39 is 10.0 Å². The molecule has 0 aromatic heterocycles. The Hall–Kier alpha value is -0.950. The highest BCUT2D eigenvalue weighted by molar-refractivity contribution is 7.89. The summed E-state index contributed by atoms with van der Waals surface area (Å²) in [5, 5.41) is 0. The number of sulfonamides is 1. The molecule has 2 unspecified atom stereocenters. The van der Waals surface area contributed by atoms with Crippen LogP contribution < -0.4 is 0 Å². The molecule has 1 aromatic rings. The van der Waals surface area contributed by atoms with Crippen molar-refractivity contribution in [3.05, 3.63) is 35.9 Å². The number of nitrogens with zero attached hydrogens (tertiary/aromatic N) is 2. The van der Waals surface area contributed by atoms with Crippen molar-refractivity contribution >= 4 is 10.0 Å². The molecule has 2 rings (SSSR count). The van der Waals surface area contributed by atoms with Crippen LogP contribution in [-0.4, -0.2) is 62.8 Å². The number of rotatable bonds is 7. The molecule has 0 radical (unpaired) electrons. The van der Waals surface area contributed by atoms with Crippen LogP contribution in [-0.2, 0) is 21.3 Å². The lowest BCUT2D eigenvalue weighted by Gasteiger charge is -2.40. The second-order valence-corrected chi connectivity index (χ2v) is 8.46. The van der Waals surface area contributed by atoms with E-state index in [9.17, 15) is 8.42 Å². The Bertz CT molecular complexity index is 577. The highest BCUT2D eigenvalue weighted by Gasteiger charge is 2.32. The van der Waals surface area contributed by atoms with Gasteiger partial charge in [0.15, 0.2) is 0 Å². The van der Waals surface area contributed by atoms with Crippen molar-refractivity contribution in [3.63, 3.8) is 0 Å². The first kappa shape index (κ1) is 18.4. The topological polar surface area (TPSA) is 49.9 Å². The molecule has 130 valence electrons. The van der Waals surface area contributed by atoms with Gasteiger partial charge in [0.05, 0.1) is 12.4 Å². The average Bonchev–Trinajstić information content (AvgIpc) is 2.55. The molecular formula is C17H28N2O3S. The normalized spacial score (nSPS) is 23.3. The van der Waals surface area contributed by atoms with Crippen LogP contribution in [0.1, 0.15) is 25.3 Å². The molecule has 1 aromatic carbocycles. The monoisotopic (exact) mass is 340 g/mol. The maximum Gasteiger partial charge on any atom is 0.216 e. The number of methoxy groups -OCH3 is 1. The molecule has 0 spiro atoms. The van der Waals surface area contributed by atoms with Crippen LogP contribution in [0.15, 0.2) is 30.3 Å². The van der Waals surface area contributed by atoms with Crippen LogP contribution in [0.4, 0.5) is 0 Å². The Morgan fingerprint density at radius 2 is 2.00 bits per heavy atom. The second-order valence-electron chi connectivity index (χ2n) is 6.31. The molecule has 1 aliphatic rings. The van der Waals surface area contributed by atoms with Crippen LogP contribution in [0.2, 0.25) is 0 Å². The van der Waals surface area contributed by atoms with Crippen molar-refractivity contribution in [3.8, 4) is 0 Å². The van der Waals surface area contributed by atoms with Gasteiger partial charge < -0.3 is 4.74 Å². The molecule has 23 heavy (non-hydrogen) atoms. The van der Waals surface area contributed by atoms with Gasteiger partial charge in [0, 0.05) is 39.3 Å². The molecule has 0 N–H and O–H groups in total. The first-order valence-corrected chi connectivity index (χ1v) is 9.77. The minimum atomic E-state index is -3.23. The summed E-state index contributed by atoms with van der Waals surface area (Å²) in [6.45, 7) is 4.28. The Morgan fingerprint density at radius 1 is 1.30 bits per heavy atom. The lowest BCUT2D eigenvalue weighted by molar-refractivity contribution is 0.108. The fraction of sp³-hybridized carbons (Fsp3) is 0.647. The summed E-state index contributed by atoms with van der Waals surface area (Å²) in [4.78, 5) is 2.43. The lowest BCUT2D eigenvalue weighted by Crippen LogP contribution is -2.49. The number of piperidine rings is 1. The maximum atomic E-state index is 12.3. The van der Waals surface area contributed by atoms with Gasteiger partial charge in [-0.05, 0) is 25.3 Å². The molecule has 0 amide bonds. The van der Waals surface area contributed by atoms with Gasteiger partial charge in [-0.3, -0.25) is 4.90 Å². The van der Waals surface area contributed by atoms with Gasteiger partial charge >= 0.3 is 0 Å². The number of likely N-dealkylation sites (tertiary alicyclic amines) is 1. The van der Waals surface area contributed by atoms with Gasteiger partial charge in [-0.15, -0.1) is 0 Å². The number of ether oxygens (including phenoxy) is 1. The van der Waals surface area contributed by atoms with Crippen LogP contribution in [0, 0.1) is 0 Å². The SMILES string of the molecule is COCCS(=O)(=O)N(C)C1CCN(Cc2ccccc2)C(C)C1. The van der Waals surface area contributed by atoms with E-state index >= 15 is 0 Å². The van der Waals surface area contributed by atoms with Gasteiger partial charge in [0.1, 0.15) is 0 Å². The minimum absolute atomic E-state index is 0.0542. The van der Waals surface area contributed by atoms with Crippen LogP contribution in [0.5, 0.6) is 0 Å². The molecule has 1 saturated heterocycles. The van der Waals surface area contributed by atoms with Gasteiger partial charge in [0.25, 0.3) is 0 Å². The van der Waals surface area contributed by atoms with E-state index in [1.807, 2.05) is 6.07 Å². The quantitative estimate of drug-likeness (QED) is 0.761. The predicted octanol–water partition coefficient (Wildman–Crippen LogP) is 1.95. The van der Waals surface area contributed by atoms with Gasteiger partial charge in [-0.25, -0.2) is 12.7 Å². The van der Waals surface area contributed by atoms with Crippen molar-refractivity contribution in [2.45, 2.75) is 38.4 Å². The number of benzene rings is 1. The summed E-state index contributed by atoms with van der Waals surface area (Å²) < 4.78 is 31.1. The van der Waals surface area contributed by atoms with E-state index in [2.05, 4.69) is 36.1 Å². The zero-order valence-electron chi connectivity index (χ0n) is 14.3. The zero-order valence-corrected chi connectivity index (χ0v) is 15.1. The van der Waals surface area contributed by atoms with Crippen LogP contribution >= 0.6 is 0 Å². The third-order valence-electron chi connectivity index (χ3n) is 4.71. The van der Waals surface area contributed by atoms with E-state index in [0.717, 1.165) is 25.9 Å². The lowest BCUT2D eigenvalue weighted by atomic mass is 9.98. The first-order chi connectivity index (χ1) is 10.9. The van der Waals surface area contributed by atoms with Gasteiger partial charge in [0.2, 0.25) is 10.0 Å². The molecule has 1 aliphatic heterocycles. The Morgan fingerprint density at radius 3 is 2.61 bits per heavy atom. The molecule has 0 saturated carbocycles. The Labute approximate surface area is 140 Å². The van der Waals surface area contributed by atoms with Crippen molar-refractivity contribution in [1.82, 2.24) is 9.21 Å². The maximum absolute atomic E-state index is 12.3. The summed E-state index contributed by atoms with van der Waals surface area (Å²) in [6, 6.07) is 10.9. The molecule has 1 heterocycles. The fourth-order valence-corrected chi connectivity index (χ4v) is 4.45. The summed E-state index contributed by atoms with van der Waals surface area (Å²) in [5.74, 6) is 0.0542. The molecule has 1 fully saturated rings. The highest BCUT2D eigenvalue weighted by atomic mass is 32.2. The third kappa shape index (κ3) is 5.01. The third-order valence-corrected chi connectivity index (χ3v) is 6.57. The summed E-state index contributed by atoms with van der Waals surface area (Å²) in [5.41, 5.74) is 1.30. The van der Waals surface area contributed by atoms with E-state index in [1.165, 1.54) is 12.7 Å². The molecule has 2 atom stereocenters. The summed E-state index contributed by atoms with van der Waals surface area (Å²) >= 11 is 0. The molecule has 5 nitrogen and oxygen atoms in total. The smallest absolute Gasteiger partial charge is 0.216 e. The zero-order chi connectivity index (χ0) is 16.9. The average molecular weight is 340 g/mol. The standard InChI is InChI=1S/C17H28N2O3S/c1-15-13-17(18(2)23(20,21)12-11-22-3)9-10-19(15)14-16-7-5-4-6-8-16/h4-8,15,17H,9-14H2,1-3H3. The van der Waals surface area contributed by atoms with E-state index in [0.29, 0.717) is 6.04 Å². The first-order valence-electron chi connectivity index (χ1n) is 8.16. The van der Waals surface area contributed by atoms with E-state index in [-0.39, 0.29) is 18.4 Å². The Balaban J connectivity index is 1.93. The van der Waals surface area contributed by atoms with Crippen LogP contribution in [0.25, 0.3) is 0 Å². The minimum Gasteiger partial charge on any atom is -0.384 e. The van der Waals surface area contributed by atoms with Crippen molar-refractivity contribution < 1.29 is 13.2 Å². The summed E-state index contributed by atoms with van der Waals surface area (Å²) in [7, 11) is -0.000985. The molecular weight excluding hydrogens is 312 g/mol. The highest BCUT2D eigenvalue weighted by Crippen LogP contribution is 2.24. The van der Waals surface area contributed by atoms with E-state index in [4.69, 9.17) is 4.74 Å². The Kier molecular flexibility index (Phi) is 6.59. The van der Waals surface area contributed by atoms with E-state index in [1.54, 1.807) is 11.4 Å². The van der Waals surface area contributed by atoms with Gasteiger partial charge in [-0.2, -0.15) is 0 Å². The molecule has 0 bridgehead atoms. The molecule has 0 aliphatic carbocycles. The predicted molar refractivity (Wildman–Crippen MR) is 92.8 cm³/mol. The van der Waals surface area contributed by atoms with Crippen molar-refractivity contribution in [1.29, 1.82) is 0 Å². The number of hydrogen-bond donors (Lipinski definition) is 0. The molecule has 6 heteroatoms. The largest absolute Gasteiger partial charge is 0.384 e. The van der Waals surface area contributed by atoms with Gasteiger partial charge in [-0.1, -0.05) is 30.3 Å². The van der Waals surface area contributed by atoms with Crippen molar-refractivity contribution in [2.75, 3.05) is 33.1 Å². The fourth-order valence-electron chi connectivity index (χ4n) is 3.14. The van der Waals surface area contributed by atoms with Crippen LogP contribution in [0.3, 0.4) is 0 Å². The van der Waals surface area contributed by atoms with Crippen molar-refractivity contribution in [2.24, 2.45) is 0 Å².